The van der Waals surface area contributed by atoms with Gasteiger partial charge >= 0.3 is 0 Å². The molecule has 1 atom stereocenters. The molecule has 1 aromatic rings. The predicted octanol–water partition coefficient (Wildman–Crippen LogP) is 5.70. The van der Waals surface area contributed by atoms with Gasteiger partial charge in [0.1, 0.15) is 18.0 Å². The number of hydrogen-bond donors (Lipinski definition) is 0. The Bertz CT molecular complexity index is 463. The molecule has 0 bridgehead atoms. The van der Waals surface area contributed by atoms with Gasteiger partial charge in [-0.3, -0.25) is 0 Å². The summed E-state index contributed by atoms with van der Waals surface area (Å²) in [6.45, 7) is 7.35. The van der Waals surface area contributed by atoms with Crippen LogP contribution in [0.5, 0.6) is 5.75 Å². The number of epoxide rings is 1. The summed E-state index contributed by atoms with van der Waals surface area (Å²) in [7, 11) is 0. The summed E-state index contributed by atoms with van der Waals surface area (Å²) >= 11 is 0. The summed E-state index contributed by atoms with van der Waals surface area (Å²) in [6, 6.07) is 8.44. The fraction of sp³-hybridized carbons (Fsp3) is 0.619. The first kappa shape index (κ1) is 18.1. The molecule has 1 heterocycles. The van der Waals surface area contributed by atoms with E-state index in [9.17, 15) is 0 Å². The fourth-order valence-electron chi connectivity index (χ4n) is 2.78. The summed E-state index contributed by atoms with van der Waals surface area (Å²) in [5, 5.41) is 0. The van der Waals surface area contributed by atoms with Gasteiger partial charge in [-0.15, -0.1) is 6.58 Å². The van der Waals surface area contributed by atoms with E-state index < -0.39 is 0 Å². The first-order chi connectivity index (χ1) is 11.2. The van der Waals surface area contributed by atoms with E-state index in [-0.39, 0.29) is 5.60 Å². The fourth-order valence-corrected chi connectivity index (χ4v) is 2.78. The molecule has 0 aromatic heterocycles. The Balaban J connectivity index is 1.58. The monoisotopic (exact) mass is 316 g/mol. The lowest BCUT2D eigenvalue weighted by Crippen LogP contribution is -2.17. The van der Waals surface area contributed by atoms with E-state index in [2.05, 4.69) is 37.8 Å². The molecule has 2 nitrogen and oxygen atoms in total. The average Bonchev–Trinajstić information content (AvgIpc) is 3.30. The maximum absolute atomic E-state index is 5.96. The quantitative estimate of drug-likeness (QED) is 0.264. The first-order valence-electron chi connectivity index (χ1n) is 9.19. The standard InChI is InChI=1S/C21H32O2/c1-3-4-5-6-7-8-9-10-11-14-19-15-12-13-16-20(19)22-17-21(2)18-23-21/h3,12-13,15-16H,1,4-11,14,17-18H2,2H3. The van der Waals surface area contributed by atoms with Gasteiger partial charge in [-0.05, 0) is 44.2 Å². The van der Waals surface area contributed by atoms with Gasteiger partial charge in [-0.25, -0.2) is 0 Å². The van der Waals surface area contributed by atoms with E-state index in [1.54, 1.807) is 0 Å². The van der Waals surface area contributed by atoms with Crippen molar-refractivity contribution in [2.24, 2.45) is 0 Å². The number of allylic oxidation sites excluding steroid dienone is 1. The van der Waals surface area contributed by atoms with Crippen molar-refractivity contribution >= 4 is 0 Å². The molecular weight excluding hydrogens is 284 g/mol. The Morgan fingerprint density at radius 3 is 2.43 bits per heavy atom. The molecule has 128 valence electrons. The van der Waals surface area contributed by atoms with Crippen molar-refractivity contribution in [2.45, 2.75) is 70.3 Å². The highest BCUT2D eigenvalue weighted by Crippen LogP contribution is 2.28. The van der Waals surface area contributed by atoms with Crippen molar-refractivity contribution < 1.29 is 9.47 Å². The maximum Gasteiger partial charge on any atom is 0.123 e. The molecule has 1 saturated heterocycles. The van der Waals surface area contributed by atoms with Gasteiger partial charge in [0.05, 0.1) is 6.61 Å². The average molecular weight is 316 g/mol. The van der Waals surface area contributed by atoms with Crippen molar-refractivity contribution in [1.29, 1.82) is 0 Å². The molecule has 0 spiro atoms. The highest BCUT2D eigenvalue weighted by Gasteiger charge is 2.40. The molecule has 2 rings (SSSR count). The van der Waals surface area contributed by atoms with Crippen LogP contribution in [0.25, 0.3) is 0 Å². The van der Waals surface area contributed by atoms with Crippen molar-refractivity contribution in [2.75, 3.05) is 13.2 Å². The first-order valence-corrected chi connectivity index (χ1v) is 9.19. The van der Waals surface area contributed by atoms with Gasteiger partial charge < -0.3 is 9.47 Å². The molecule has 1 aromatic carbocycles. The molecule has 0 amide bonds. The van der Waals surface area contributed by atoms with Gasteiger partial charge in [0.25, 0.3) is 0 Å². The Labute approximate surface area is 141 Å². The third-order valence-electron chi connectivity index (χ3n) is 4.50. The molecule has 23 heavy (non-hydrogen) atoms. The van der Waals surface area contributed by atoms with Crippen LogP contribution in [0.15, 0.2) is 36.9 Å². The largest absolute Gasteiger partial charge is 0.490 e. The Morgan fingerprint density at radius 2 is 1.74 bits per heavy atom. The van der Waals surface area contributed by atoms with E-state index in [0.717, 1.165) is 18.8 Å². The van der Waals surface area contributed by atoms with E-state index in [0.29, 0.717) is 6.61 Å². The molecule has 2 heteroatoms. The van der Waals surface area contributed by atoms with Crippen molar-refractivity contribution in [3.05, 3.63) is 42.5 Å². The van der Waals surface area contributed by atoms with E-state index >= 15 is 0 Å². The third-order valence-corrected chi connectivity index (χ3v) is 4.50. The van der Waals surface area contributed by atoms with Gasteiger partial charge in [0.2, 0.25) is 0 Å². The molecule has 1 aliphatic rings. The maximum atomic E-state index is 5.96. The molecule has 0 saturated carbocycles. The molecule has 1 aliphatic heterocycles. The van der Waals surface area contributed by atoms with Crippen LogP contribution in [0.2, 0.25) is 0 Å². The van der Waals surface area contributed by atoms with Crippen molar-refractivity contribution in [1.82, 2.24) is 0 Å². The van der Waals surface area contributed by atoms with Crippen LogP contribution < -0.4 is 4.74 Å². The van der Waals surface area contributed by atoms with Crippen LogP contribution in [0.1, 0.15) is 63.9 Å². The number of aryl methyl sites for hydroxylation is 1. The number of para-hydroxylation sites is 1. The molecule has 0 radical (unpaired) electrons. The molecule has 0 aliphatic carbocycles. The van der Waals surface area contributed by atoms with Crippen LogP contribution in [-0.4, -0.2) is 18.8 Å². The van der Waals surface area contributed by atoms with Gasteiger partial charge in [0, 0.05) is 0 Å². The number of rotatable bonds is 13. The molecule has 1 fully saturated rings. The van der Waals surface area contributed by atoms with E-state index in [4.69, 9.17) is 9.47 Å². The van der Waals surface area contributed by atoms with E-state index in [1.165, 1.54) is 56.9 Å². The minimum atomic E-state index is -0.0429. The zero-order chi connectivity index (χ0) is 16.4. The number of hydrogen-bond acceptors (Lipinski definition) is 2. The van der Waals surface area contributed by atoms with Crippen molar-refractivity contribution in [3.8, 4) is 5.75 Å². The van der Waals surface area contributed by atoms with Gasteiger partial charge in [0.15, 0.2) is 0 Å². The van der Waals surface area contributed by atoms with Crippen LogP contribution in [0.4, 0.5) is 0 Å². The van der Waals surface area contributed by atoms with Crippen LogP contribution in [0.3, 0.4) is 0 Å². The number of ether oxygens (including phenoxy) is 2. The van der Waals surface area contributed by atoms with Crippen molar-refractivity contribution in [3.63, 3.8) is 0 Å². The van der Waals surface area contributed by atoms with Crippen LogP contribution in [-0.2, 0) is 11.2 Å². The van der Waals surface area contributed by atoms with E-state index in [1.807, 2.05) is 6.08 Å². The van der Waals surface area contributed by atoms with Gasteiger partial charge in [-0.2, -0.15) is 0 Å². The SMILES string of the molecule is C=CCCCCCCCCCc1ccccc1OCC1(C)CO1. The topological polar surface area (TPSA) is 21.8 Å². The second kappa shape index (κ2) is 9.77. The molecule has 1 unspecified atom stereocenters. The third kappa shape index (κ3) is 7.22. The number of benzene rings is 1. The molecular formula is C21H32O2. The summed E-state index contributed by atoms with van der Waals surface area (Å²) < 4.78 is 11.4. The second-order valence-corrected chi connectivity index (χ2v) is 6.94. The lowest BCUT2D eigenvalue weighted by atomic mass is 10.0. The number of unbranched alkanes of at least 4 members (excludes halogenated alkanes) is 7. The summed E-state index contributed by atoms with van der Waals surface area (Å²) in [5.74, 6) is 1.04. The Hall–Kier alpha value is -1.28. The predicted molar refractivity (Wildman–Crippen MR) is 97.1 cm³/mol. The smallest absolute Gasteiger partial charge is 0.123 e. The van der Waals surface area contributed by atoms with Crippen LogP contribution >= 0.6 is 0 Å². The zero-order valence-electron chi connectivity index (χ0n) is 14.7. The summed E-state index contributed by atoms with van der Waals surface area (Å²) in [4.78, 5) is 0. The van der Waals surface area contributed by atoms with Crippen LogP contribution in [0, 0.1) is 0 Å². The lowest BCUT2D eigenvalue weighted by molar-refractivity contribution is 0.201. The summed E-state index contributed by atoms with van der Waals surface area (Å²) in [5.41, 5.74) is 1.29. The summed E-state index contributed by atoms with van der Waals surface area (Å²) in [6.07, 6.45) is 13.6. The normalized spacial score (nSPS) is 19.5. The Morgan fingerprint density at radius 1 is 1.09 bits per heavy atom. The zero-order valence-corrected chi connectivity index (χ0v) is 14.7. The second-order valence-electron chi connectivity index (χ2n) is 6.94. The highest BCUT2D eigenvalue weighted by atomic mass is 16.6. The Kier molecular flexibility index (Phi) is 7.67. The lowest BCUT2D eigenvalue weighted by Gasteiger charge is -2.13. The highest BCUT2D eigenvalue weighted by molar-refractivity contribution is 5.33. The molecule has 0 N–H and O–H groups in total. The minimum absolute atomic E-state index is 0.0429. The van der Waals surface area contributed by atoms with Gasteiger partial charge in [-0.1, -0.05) is 56.4 Å². The minimum Gasteiger partial charge on any atom is -0.490 e.